The van der Waals surface area contributed by atoms with Crippen LogP contribution in [0.4, 0.5) is 13.2 Å². The molecule has 0 saturated carbocycles. The van der Waals surface area contributed by atoms with Crippen LogP contribution in [0, 0.1) is 0 Å². The summed E-state index contributed by atoms with van der Waals surface area (Å²) >= 11 is 0. The molecule has 0 aliphatic rings. The number of hydrogen-bond acceptors (Lipinski definition) is 2. The second-order valence-corrected chi connectivity index (χ2v) is 2.40. The predicted octanol–water partition coefficient (Wildman–Crippen LogP) is 0.356. The zero-order valence-electron chi connectivity index (χ0n) is 6.69. The summed E-state index contributed by atoms with van der Waals surface area (Å²) in [5, 5.41) is 0. The molecule has 0 fully saturated rings. The van der Waals surface area contributed by atoms with Gasteiger partial charge in [0.2, 0.25) is 5.91 Å². The van der Waals surface area contributed by atoms with Gasteiger partial charge in [0.15, 0.2) is 0 Å². The average molecular weight is 184 g/mol. The highest BCUT2D eigenvalue weighted by Gasteiger charge is 2.30. The van der Waals surface area contributed by atoms with Crippen LogP contribution < -0.4 is 5.73 Å². The van der Waals surface area contributed by atoms with Gasteiger partial charge in [-0.2, -0.15) is 13.2 Å². The van der Waals surface area contributed by atoms with Crippen LogP contribution in [0.5, 0.6) is 0 Å². The Morgan fingerprint density at radius 3 is 2.33 bits per heavy atom. The van der Waals surface area contributed by atoms with Gasteiger partial charge in [0.1, 0.15) is 6.54 Å². The third-order valence-electron chi connectivity index (χ3n) is 1.20. The summed E-state index contributed by atoms with van der Waals surface area (Å²) in [4.78, 5) is 11.4. The fraction of sp³-hybridized carbons (Fsp3) is 0.833. The van der Waals surface area contributed by atoms with Crippen molar-refractivity contribution in [1.29, 1.82) is 0 Å². The lowest BCUT2D eigenvalue weighted by Gasteiger charge is -2.18. The molecule has 12 heavy (non-hydrogen) atoms. The molecule has 0 aromatic rings. The van der Waals surface area contributed by atoms with Crippen LogP contribution >= 0.6 is 0 Å². The topological polar surface area (TPSA) is 46.3 Å². The Labute approximate surface area is 68.3 Å². The second-order valence-electron chi connectivity index (χ2n) is 2.40. The van der Waals surface area contributed by atoms with E-state index in [1.54, 1.807) is 0 Å². The minimum atomic E-state index is -4.33. The normalized spacial score (nSPS) is 11.4. The van der Waals surface area contributed by atoms with Gasteiger partial charge in [-0.25, -0.2) is 0 Å². The Bertz CT molecular complexity index is 157. The summed E-state index contributed by atoms with van der Waals surface area (Å²) in [7, 11) is 1.10. The van der Waals surface area contributed by atoms with E-state index in [1.807, 2.05) is 0 Å². The van der Waals surface area contributed by atoms with Gasteiger partial charge in [-0.3, -0.25) is 4.79 Å². The van der Waals surface area contributed by atoms with Gasteiger partial charge in [0, 0.05) is 20.0 Å². The first-order valence-electron chi connectivity index (χ1n) is 3.37. The quantitative estimate of drug-likeness (QED) is 0.688. The van der Waals surface area contributed by atoms with Crippen LogP contribution in [0.2, 0.25) is 0 Å². The fourth-order valence-corrected chi connectivity index (χ4v) is 0.671. The van der Waals surface area contributed by atoms with E-state index in [2.05, 4.69) is 0 Å². The summed E-state index contributed by atoms with van der Waals surface area (Å²) in [6, 6.07) is 0. The molecule has 0 radical (unpaired) electrons. The minimum Gasteiger partial charge on any atom is -0.337 e. The molecule has 0 saturated heterocycles. The monoisotopic (exact) mass is 184 g/mol. The Kier molecular flexibility index (Phi) is 4.02. The molecule has 0 aromatic carbocycles. The lowest BCUT2D eigenvalue weighted by atomic mass is 10.3. The minimum absolute atomic E-state index is 0.0490. The zero-order chi connectivity index (χ0) is 9.78. The first-order chi connectivity index (χ1) is 5.37. The van der Waals surface area contributed by atoms with Crippen LogP contribution in [-0.4, -0.2) is 37.1 Å². The average Bonchev–Trinajstić information content (AvgIpc) is 1.84. The fourth-order valence-electron chi connectivity index (χ4n) is 0.671. The third-order valence-corrected chi connectivity index (χ3v) is 1.20. The molecule has 3 nitrogen and oxygen atoms in total. The number of nitrogens with two attached hydrogens (primary N) is 1. The van der Waals surface area contributed by atoms with E-state index >= 15 is 0 Å². The summed E-state index contributed by atoms with van der Waals surface area (Å²) < 4.78 is 35.0. The van der Waals surface area contributed by atoms with Crippen LogP contribution in [0.1, 0.15) is 6.42 Å². The van der Waals surface area contributed by atoms with Crippen molar-refractivity contribution in [2.24, 2.45) is 5.73 Å². The van der Waals surface area contributed by atoms with Crippen molar-refractivity contribution in [1.82, 2.24) is 4.90 Å². The van der Waals surface area contributed by atoms with Crippen LogP contribution in [0.15, 0.2) is 0 Å². The van der Waals surface area contributed by atoms with Crippen LogP contribution in [0.25, 0.3) is 0 Å². The molecule has 0 unspecified atom stereocenters. The van der Waals surface area contributed by atoms with Gasteiger partial charge in [-0.15, -0.1) is 0 Å². The third kappa shape index (κ3) is 4.95. The number of carbonyl (C=O) groups is 1. The summed E-state index contributed by atoms with van der Waals surface area (Å²) in [6.45, 7) is -1.15. The first kappa shape index (κ1) is 11.2. The lowest BCUT2D eigenvalue weighted by molar-refractivity contribution is -0.158. The largest absolute Gasteiger partial charge is 0.406 e. The molecular formula is C6H11F3N2O. The molecule has 0 heterocycles. The number of rotatable bonds is 3. The number of halogens is 3. The molecule has 6 heteroatoms. The van der Waals surface area contributed by atoms with E-state index in [0.29, 0.717) is 4.90 Å². The van der Waals surface area contributed by atoms with Crippen molar-refractivity contribution in [3.8, 4) is 0 Å². The van der Waals surface area contributed by atoms with E-state index in [0.717, 1.165) is 7.05 Å². The summed E-state index contributed by atoms with van der Waals surface area (Å²) in [5.41, 5.74) is 5.00. The van der Waals surface area contributed by atoms with E-state index in [-0.39, 0.29) is 13.0 Å². The van der Waals surface area contributed by atoms with Crippen molar-refractivity contribution in [3.05, 3.63) is 0 Å². The van der Waals surface area contributed by atoms with Gasteiger partial charge in [0.05, 0.1) is 0 Å². The number of alkyl halides is 3. The Balaban J connectivity index is 3.87. The van der Waals surface area contributed by atoms with Gasteiger partial charge in [-0.05, 0) is 0 Å². The highest BCUT2D eigenvalue weighted by atomic mass is 19.4. The second kappa shape index (κ2) is 4.30. The van der Waals surface area contributed by atoms with Crippen molar-refractivity contribution >= 4 is 5.91 Å². The van der Waals surface area contributed by atoms with E-state index < -0.39 is 18.6 Å². The number of carbonyl (C=O) groups excluding carboxylic acids is 1. The molecule has 0 bridgehead atoms. The molecule has 0 rings (SSSR count). The summed E-state index contributed by atoms with van der Waals surface area (Å²) in [5.74, 6) is -0.588. The SMILES string of the molecule is CN(CC(F)(F)F)C(=O)CCN. The molecule has 1 amide bonds. The Morgan fingerprint density at radius 2 is 2.00 bits per heavy atom. The maximum absolute atomic E-state index is 11.7. The molecular weight excluding hydrogens is 173 g/mol. The Hall–Kier alpha value is -0.780. The lowest BCUT2D eigenvalue weighted by Crippen LogP contribution is -2.36. The van der Waals surface area contributed by atoms with Gasteiger partial charge < -0.3 is 10.6 Å². The maximum atomic E-state index is 11.7. The molecule has 0 atom stereocenters. The Morgan fingerprint density at radius 1 is 1.50 bits per heavy atom. The van der Waals surface area contributed by atoms with E-state index in [9.17, 15) is 18.0 Å². The van der Waals surface area contributed by atoms with Gasteiger partial charge in [0.25, 0.3) is 0 Å². The van der Waals surface area contributed by atoms with E-state index in [1.165, 1.54) is 0 Å². The molecule has 0 spiro atoms. The number of hydrogen-bond donors (Lipinski definition) is 1. The molecule has 0 aliphatic heterocycles. The highest BCUT2D eigenvalue weighted by molar-refractivity contribution is 5.76. The predicted molar refractivity (Wildman–Crippen MR) is 37.4 cm³/mol. The summed E-state index contributed by atoms with van der Waals surface area (Å²) in [6.07, 6.45) is -4.38. The molecule has 72 valence electrons. The first-order valence-corrected chi connectivity index (χ1v) is 3.37. The highest BCUT2D eigenvalue weighted by Crippen LogP contribution is 2.15. The maximum Gasteiger partial charge on any atom is 0.406 e. The molecule has 0 aromatic heterocycles. The van der Waals surface area contributed by atoms with Crippen LogP contribution in [-0.2, 0) is 4.79 Å². The van der Waals surface area contributed by atoms with Crippen LogP contribution in [0.3, 0.4) is 0 Å². The van der Waals surface area contributed by atoms with Gasteiger partial charge in [-0.1, -0.05) is 0 Å². The van der Waals surface area contributed by atoms with Crippen molar-refractivity contribution in [2.45, 2.75) is 12.6 Å². The molecule has 2 N–H and O–H groups in total. The smallest absolute Gasteiger partial charge is 0.337 e. The van der Waals surface area contributed by atoms with Crippen molar-refractivity contribution < 1.29 is 18.0 Å². The molecule has 0 aliphatic carbocycles. The van der Waals surface area contributed by atoms with Gasteiger partial charge >= 0.3 is 6.18 Å². The zero-order valence-corrected chi connectivity index (χ0v) is 6.69. The number of amides is 1. The van der Waals surface area contributed by atoms with E-state index in [4.69, 9.17) is 5.73 Å². The van der Waals surface area contributed by atoms with Crippen molar-refractivity contribution in [2.75, 3.05) is 20.1 Å². The number of nitrogens with zero attached hydrogens (tertiary/aromatic N) is 1. The van der Waals surface area contributed by atoms with Crippen molar-refractivity contribution in [3.63, 3.8) is 0 Å². The standard InChI is InChI=1S/C6H11F3N2O/c1-11(4-6(7,8)9)5(12)2-3-10/h2-4,10H2,1H3.